The standard InChI is InChI=1S/C16H21NO4/c1-5-20-14(18)12-10-17(15(19)21-16(2,3)4)13-9-7-6-8-11(12)13/h6-9,12H,5,10H2,1-4H3/t12-/m1/s1. The van der Waals surface area contributed by atoms with E-state index in [4.69, 9.17) is 9.47 Å². The number of fused-ring (bicyclic) bond motifs is 1. The van der Waals surface area contributed by atoms with Crippen molar-refractivity contribution in [3.63, 3.8) is 0 Å². The van der Waals surface area contributed by atoms with Crippen molar-refractivity contribution in [2.24, 2.45) is 0 Å². The number of benzene rings is 1. The fraction of sp³-hybridized carbons (Fsp3) is 0.500. The molecule has 1 aliphatic heterocycles. The molecular weight excluding hydrogens is 270 g/mol. The van der Waals surface area contributed by atoms with Crippen LogP contribution in [0, 0.1) is 0 Å². The molecule has 1 atom stereocenters. The third-order valence-electron chi connectivity index (χ3n) is 3.15. The molecule has 2 rings (SSSR count). The minimum atomic E-state index is -0.575. The smallest absolute Gasteiger partial charge is 0.414 e. The molecule has 0 aromatic heterocycles. The fourth-order valence-electron chi connectivity index (χ4n) is 2.34. The van der Waals surface area contributed by atoms with Crippen LogP contribution in [0.4, 0.5) is 10.5 Å². The van der Waals surface area contributed by atoms with Gasteiger partial charge in [-0.2, -0.15) is 0 Å². The number of hydrogen-bond acceptors (Lipinski definition) is 4. The molecule has 0 fully saturated rings. The largest absolute Gasteiger partial charge is 0.465 e. The second-order valence-corrected chi connectivity index (χ2v) is 5.95. The Kier molecular flexibility index (Phi) is 4.21. The molecule has 1 aromatic carbocycles. The molecule has 0 aliphatic carbocycles. The highest BCUT2D eigenvalue weighted by Crippen LogP contribution is 2.37. The quantitative estimate of drug-likeness (QED) is 0.786. The molecule has 1 heterocycles. The summed E-state index contributed by atoms with van der Waals surface area (Å²) in [6, 6.07) is 7.35. The average Bonchev–Trinajstić information content (AvgIpc) is 2.76. The summed E-state index contributed by atoms with van der Waals surface area (Å²) < 4.78 is 10.5. The van der Waals surface area contributed by atoms with Crippen molar-refractivity contribution < 1.29 is 19.1 Å². The van der Waals surface area contributed by atoms with Crippen LogP contribution in [0.5, 0.6) is 0 Å². The highest BCUT2D eigenvalue weighted by Gasteiger charge is 2.38. The molecule has 0 bridgehead atoms. The summed E-state index contributed by atoms with van der Waals surface area (Å²) in [5, 5.41) is 0. The third-order valence-corrected chi connectivity index (χ3v) is 3.15. The molecule has 0 spiro atoms. The van der Waals surface area contributed by atoms with Gasteiger partial charge in [0.1, 0.15) is 11.5 Å². The lowest BCUT2D eigenvalue weighted by Gasteiger charge is -2.24. The van der Waals surface area contributed by atoms with Gasteiger partial charge in [-0.1, -0.05) is 18.2 Å². The zero-order chi connectivity index (χ0) is 15.6. The summed E-state index contributed by atoms with van der Waals surface area (Å²) in [7, 11) is 0. The van der Waals surface area contributed by atoms with Crippen LogP contribution in [0.15, 0.2) is 24.3 Å². The van der Waals surface area contributed by atoms with Crippen LogP contribution in [0.25, 0.3) is 0 Å². The van der Waals surface area contributed by atoms with Crippen molar-refractivity contribution in [1.29, 1.82) is 0 Å². The van der Waals surface area contributed by atoms with Crippen molar-refractivity contribution in [2.45, 2.75) is 39.2 Å². The van der Waals surface area contributed by atoms with Gasteiger partial charge in [-0.05, 0) is 39.3 Å². The minimum Gasteiger partial charge on any atom is -0.465 e. The SMILES string of the molecule is CCOC(=O)[C@@H]1CN(C(=O)OC(C)(C)C)c2ccccc21. The molecule has 5 heteroatoms. The predicted molar refractivity (Wildman–Crippen MR) is 79.4 cm³/mol. The molecule has 5 nitrogen and oxygen atoms in total. The van der Waals surface area contributed by atoms with Gasteiger partial charge in [0, 0.05) is 6.54 Å². The highest BCUT2D eigenvalue weighted by atomic mass is 16.6. The van der Waals surface area contributed by atoms with Gasteiger partial charge in [0.2, 0.25) is 0 Å². The number of carbonyl (C=O) groups excluding carboxylic acids is 2. The van der Waals surface area contributed by atoms with E-state index in [1.165, 1.54) is 4.90 Å². The summed E-state index contributed by atoms with van der Waals surface area (Å²) in [5.74, 6) is -0.760. The molecule has 0 N–H and O–H groups in total. The second-order valence-electron chi connectivity index (χ2n) is 5.95. The Bertz CT molecular complexity index is 547. The van der Waals surface area contributed by atoms with Crippen molar-refractivity contribution >= 4 is 17.7 Å². The number of nitrogens with zero attached hydrogens (tertiary/aromatic N) is 1. The van der Waals surface area contributed by atoms with E-state index in [-0.39, 0.29) is 12.5 Å². The Morgan fingerprint density at radius 1 is 1.29 bits per heavy atom. The summed E-state index contributed by atoms with van der Waals surface area (Å²) in [6.45, 7) is 7.79. The van der Waals surface area contributed by atoms with E-state index in [1.54, 1.807) is 6.92 Å². The summed E-state index contributed by atoms with van der Waals surface area (Å²) in [4.78, 5) is 25.9. The van der Waals surface area contributed by atoms with Crippen LogP contribution in [0.3, 0.4) is 0 Å². The Labute approximate surface area is 124 Å². The van der Waals surface area contributed by atoms with Crippen LogP contribution >= 0.6 is 0 Å². The summed E-state index contributed by atoms with van der Waals surface area (Å²) in [5.41, 5.74) is 0.945. The van der Waals surface area contributed by atoms with E-state index < -0.39 is 17.6 Å². The van der Waals surface area contributed by atoms with Gasteiger partial charge in [-0.3, -0.25) is 9.69 Å². The first-order chi connectivity index (χ1) is 9.83. The first kappa shape index (κ1) is 15.4. The van der Waals surface area contributed by atoms with Gasteiger partial charge >= 0.3 is 12.1 Å². The van der Waals surface area contributed by atoms with Gasteiger partial charge in [-0.15, -0.1) is 0 Å². The van der Waals surface area contributed by atoms with Crippen LogP contribution < -0.4 is 4.90 Å². The lowest BCUT2D eigenvalue weighted by atomic mass is 10.0. The normalized spacial score (nSPS) is 17.3. The Hall–Kier alpha value is -2.04. The number of para-hydroxylation sites is 1. The van der Waals surface area contributed by atoms with Gasteiger partial charge < -0.3 is 9.47 Å². The van der Waals surface area contributed by atoms with Crippen LogP contribution in [0.1, 0.15) is 39.2 Å². The first-order valence-electron chi connectivity index (χ1n) is 7.09. The Morgan fingerprint density at radius 2 is 1.95 bits per heavy atom. The lowest BCUT2D eigenvalue weighted by Crippen LogP contribution is -2.37. The number of rotatable bonds is 2. The molecule has 0 unspecified atom stereocenters. The molecule has 114 valence electrons. The van der Waals surface area contributed by atoms with E-state index in [0.29, 0.717) is 12.3 Å². The van der Waals surface area contributed by atoms with Crippen molar-refractivity contribution in [3.05, 3.63) is 29.8 Å². The van der Waals surface area contributed by atoms with E-state index in [9.17, 15) is 9.59 Å². The summed E-state index contributed by atoms with van der Waals surface area (Å²) >= 11 is 0. The van der Waals surface area contributed by atoms with Crippen LogP contribution in [-0.2, 0) is 14.3 Å². The fourth-order valence-corrected chi connectivity index (χ4v) is 2.34. The molecule has 1 aromatic rings. The first-order valence-corrected chi connectivity index (χ1v) is 7.09. The van der Waals surface area contributed by atoms with Crippen molar-refractivity contribution in [2.75, 3.05) is 18.1 Å². The Balaban J connectivity index is 2.27. The van der Waals surface area contributed by atoms with E-state index in [2.05, 4.69) is 0 Å². The number of amides is 1. The monoisotopic (exact) mass is 291 g/mol. The molecule has 0 saturated heterocycles. The lowest BCUT2D eigenvalue weighted by molar-refractivity contribution is -0.144. The van der Waals surface area contributed by atoms with Gasteiger partial charge in [0.15, 0.2) is 0 Å². The molecule has 1 amide bonds. The molecule has 21 heavy (non-hydrogen) atoms. The van der Waals surface area contributed by atoms with Gasteiger partial charge in [0.05, 0.1) is 12.3 Å². The van der Waals surface area contributed by atoms with Crippen LogP contribution in [0.2, 0.25) is 0 Å². The average molecular weight is 291 g/mol. The van der Waals surface area contributed by atoms with Gasteiger partial charge in [0.25, 0.3) is 0 Å². The van der Waals surface area contributed by atoms with E-state index in [0.717, 1.165) is 5.56 Å². The zero-order valence-corrected chi connectivity index (χ0v) is 12.9. The second kappa shape index (κ2) is 5.76. The van der Waals surface area contributed by atoms with E-state index >= 15 is 0 Å². The number of esters is 1. The van der Waals surface area contributed by atoms with E-state index in [1.807, 2.05) is 45.0 Å². The predicted octanol–water partition coefficient (Wildman–Crippen LogP) is 3.09. The number of hydrogen-bond donors (Lipinski definition) is 0. The summed E-state index contributed by atoms with van der Waals surface area (Å²) in [6.07, 6.45) is -0.443. The molecule has 0 radical (unpaired) electrons. The van der Waals surface area contributed by atoms with Crippen molar-refractivity contribution in [1.82, 2.24) is 0 Å². The maximum atomic E-state index is 12.3. The van der Waals surface area contributed by atoms with Crippen LogP contribution in [-0.4, -0.2) is 30.8 Å². The maximum Gasteiger partial charge on any atom is 0.414 e. The zero-order valence-electron chi connectivity index (χ0n) is 12.9. The van der Waals surface area contributed by atoms with Crippen molar-refractivity contribution in [3.8, 4) is 0 Å². The Morgan fingerprint density at radius 3 is 2.57 bits per heavy atom. The number of ether oxygens (including phenoxy) is 2. The molecule has 0 saturated carbocycles. The number of anilines is 1. The number of carbonyl (C=O) groups is 2. The van der Waals surface area contributed by atoms with Gasteiger partial charge in [-0.25, -0.2) is 4.79 Å². The maximum absolute atomic E-state index is 12.3. The topological polar surface area (TPSA) is 55.8 Å². The third kappa shape index (κ3) is 3.35. The minimum absolute atomic E-state index is 0.257. The highest BCUT2D eigenvalue weighted by molar-refractivity contribution is 5.95. The molecule has 1 aliphatic rings. The molecular formula is C16H21NO4.